The SMILES string of the molecule is CCC(N)(C(=O)O)N(C=O)C(=O)C(C)C. The first-order valence-corrected chi connectivity index (χ1v) is 4.62. The molecule has 0 bridgehead atoms. The van der Waals surface area contributed by atoms with E-state index in [4.69, 9.17) is 10.8 Å². The zero-order valence-corrected chi connectivity index (χ0v) is 9.06. The van der Waals surface area contributed by atoms with Gasteiger partial charge in [0.2, 0.25) is 12.3 Å². The van der Waals surface area contributed by atoms with E-state index in [2.05, 4.69) is 0 Å². The highest BCUT2D eigenvalue weighted by Gasteiger charge is 2.42. The highest BCUT2D eigenvalue weighted by molar-refractivity contribution is 5.94. The Morgan fingerprint density at radius 3 is 2.20 bits per heavy atom. The minimum absolute atomic E-state index is 0.0421. The summed E-state index contributed by atoms with van der Waals surface area (Å²) in [5.41, 5.74) is 3.55. The van der Waals surface area contributed by atoms with Crippen LogP contribution in [0.5, 0.6) is 0 Å². The van der Waals surface area contributed by atoms with Gasteiger partial charge in [-0.2, -0.15) is 0 Å². The summed E-state index contributed by atoms with van der Waals surface area (Å²) in [6, 6.07) is 0. The van der Waals surface area contributed by atoms with E-state index in [0.717, 1.165) is 0 Å². The second-order valence-electron chi connectivity index (χ2n) is 3.55. The molecule has 0 aromatic heterocycles. The second kappa shape index (κ2) is 4.88. The monoisotopic (exact) mass is 216 g/mol. The third-order valence-electron chi connectivity index (χ3n) is 2.18. The minimum Gasteiger partial charge on any atom is -0.478 e. The molecule has 15 heavy (non-hydrogen) atoms. The summed E-state index contributed by atoms with van der Waals surface area (Å²) < 4.78 is 0. The number of imide groups is 1. The van der Waals surface area contributed by atoms with Crippen molar-refractivity contribution in [3.63, 3.8) is 0 Å². The molecular weight excluding hydrogens is 200 g/mol. The van der Waals surface area contributed by atoms with Gasteiger partial charge < -0.3 is 5.11 Å². The molecule has 0 rings (SSSR count). The zero-order chi connectivity index (χ0) is 12.2. The molecule has 6 heteroatoms. The molecule has 3 N–H and O–H groups in total. The summed E-state index contributed by atoms with van der Waals surface area (Å²) in [7, 11) is 0. The summed E-state index contributed by atoms with van der Waals surface area (Å²) in [6.45, 7) is 4.63. The quantitative estimate of drug-likeness (QED) is 0.488. The van der Waals surface area contributed by atoms with Crippen molar-refractivity contribution >= 4 is 18.3 Å². The predicted molar refractivity (Wildman–Crippen MR) is 52.6 cm³/mol. The second-order valence-corrected chi connectivity index (χ2v) is 3.55. The van der Waals surface area contributed by atoms with Crippen LogP contribution < -0.4 is 5.73 Å². The number of hydrogen-bond acceptors (Lipinski definition) is 4. The Kier molecular flexibility index (Phi) is 4.41. The zero-order valence-electron chi connectivity index (χ0n) is 9.06. The first kappa shape index (κ1) is 13.6. The van der Waals surface area contributed by atoms with Crippen molar-refractivity contribution in [1.82, 2.24) is 4.90 Å². The molecule has 86 valence electrons. The molecule has 0 radical (unpaired) electrons. The first-order valence-electron chi connectivity index (χ1n) is 4.62. The third kappa shape index (κ3) is 2.53. The normalized spacial score (nSPS) is 14.5. The maximum absolute atomic E-state index is 11.5. The van der Waals surface area contributed by atoms with Gasteiger partial charge >= 0.3 is 5.97 Å². The molecule has 0 aliphatic carbocycles. The van der Waals surface area contributed by atoms with E-state index >= 15 is 0 Å². The van der Waals surface area contributed by atoms with Crippen LogP contribution in [-0.2, 0) is 14.4 Å². The van der Waals surface area contributed by atoms with Crippen LogP contribution in [0, 0.1) is 5.92 Å². The molecule has 0 heterocycles. The van der Waals surface area contributed by atoms with Crippen LogP contribution in [0.25, 0.3) is 0 Å². The molecule has 1 unspecified atom stereocenters. The van der Waals surface area contributed by atoms with Crippen LogP contribution in [0.4, 0.5) is 0 Å². The number of carboxylic acid groups (broad SMARTS) is 1. The van der Waals surface area contributed by atoms with Crippen molar-refractivity contribution in [3.8, 4) is 0 Å². The van der Waals surface area contributed by atoms with Crippen molar-refractivity contribution in [2.75, 3.05) is 0 Å². The molecule has 0 spiro atoms. The lowest BCUT2D eigenvalue weighted by atomic mass is 10.0. The molecule has 0 saturated carbocycles. The van der Waals surface area contributed by atoms with Gasteiger partial charge in [-0.15, -0.1) is 0 Å². The number of hydrogen-bond donors (Lipinski definition) is 2. The molecule has 0 aliphatic heterocycles. The average Bonchev–Trinajstić information content (AvgIpc) is 2.17. The summed E-state index contributed by atoms with van der Waals surface area (Å²) in [5.74, 6) is -2.48. The Morgan fingerprint density at radius 1 is 1.53 bits per heavy atom. The number of nitrogens with two attached hydrogens (primary N) is 1. The van der Waals surface area contributed by atoms with Gasteiger partial charge in [0.05, 0.1) is 0 Å². The van der Waals surface area contributed by atoms with Crippen LogP contribution >= 0.6 is 0 Å². The maximum atomic E-state index is 11.5. The highest BCUT2D eigenvalue weighted by Crippen LogP contribution is 2.15. The highest BCUT2D eigenvalue weighted by atomic mass is 16.4. The van der Waals surface area contributed by atoms with E-state index in [1.807, 2.05) is 0 Å². The van der Waals surface area contributed by atoms with Crippen molar-refractivity contribution < 1.29 is 19.5 Å². The summed E-state index contributed by atoms with van der Waals surface area (Å²) in [5, 5.41) is 8.89. The maximum Gasteiger partial charge on any atom is 0.345 e. The van der Waals surface area contributed by atoms with E-state index in [9.17, 15) is 14.4 Å². The molecule has 0 aromatic carbocycles. The smallest absolute Gasteiger partial charge is 0.345 e. The number of rotatable bonds is 5. The van der Waals surface area contributed by atoms with Crippen molar-refractivity contribution in [3.05, 3.63) is 0 Å². The lowest BCUT2D eigenvalue weighted by Gasteiger charge is -2.33. The number of carboxylic acids is 1. The van der Waals surface area contributed by atoms with Crippen molar-refractivity contribution in [2.24, 2.45) is 11.7 Å². The van der Waals surface area contributed by atoms with Crippen molar-refractivity contribution in [1.29, 1.82) is 0 Å². The Hall–Kier alpha value is -1.43. The molecule has 0 aromatic rings. The lowest BCUT2D eigenvalue weighted by molar-refractivity contribution is -0.163. The van der Waals surface area contributed by atoms with E-state index < -0.39 is 23.5 Å². The minimum atomic E-state index is -1.96. The average molecular weight is 216 g/mol. The number of aliphatic carboxylic acids is 1. The van der Waals surface area contributed by atoms with Gasteiger partial charge in [0.1, 0.15) is 0 Å². The molecule has 0 fully saturated rings. The van der Waals surface area contributed by atoms with Gasteiger partial charge in [-0.05, 0) is 6.42 Å². The van der Waals surface area contributed by atoms with Crippen LogP contribution in [0.2, 0.25) is 0 Å². The van der Waals surface area contributed by atoms with Gasteiger partial charge in [-0.25, -0.2) is 4.79 Å². The third-order valence-corrected chi connectivity index (χ3v) is 2.18. The fourth-order valence-corrected chi connectivity index (χ4v) is 1.05. The van der Waals surface area contributed by atoms with E-state index in [0.29, 0.717) is 4.90 Å². The van der Waals surface area contributed by atoms with E-state index in [1.165, 1.54) is 6.92 Å². The number of nitrogens with zero attached hydrogens (tertiary/aromatic N) is 1. The molecule has 0 aliphatic rings. The molecule has 6 nitrogen and oxygen atoms in total. The number of carbonyl (C=O) groups excluding carboxylic acids is 2. The summed E-state index contributed by atoms with van der Waals surface area (Å²) in [6.07, 6.45) is 0.124. The summed E-state index contributed by atoms with van der Waals surface area (Å²) >= 11 is 0. The van der Waals surface area contributed by atoms with Crippen LogP contribution in [0.3, 0.4) is 0 Å². The van der Waals surface area contributed by atoms with Crippen LogP contribution in [0.1, 0.15) is 27.2 Å². The molecule has 0 saturated heterocycles. The standard InChI is InChI=1S/C9H16N2O4/c1-4-9(10,8(14)15)11(5-12)7(13)6(2)3/h5-6H,4,10H2,1-3H3,(H,14,15). The van der Waals surface area contributed by atoms with Crippen LogP contribution in [-0.4, -0.2) is 34.0 Å². The largest absolute Gasteiger partial charge is 0.478 e. The topological polar surface area (TPSA) is 101 Å². The number of carbonyl (C=O) groups is 3. The molecular formula is C9H16N2O4. The van der Waals surface area contributed by atoms with Gasteiger partial charge in [0, 0.05) is 5.92 Å². The fourth-order valence-electron chi connectivity index (χ4n) is 1.05. The van der Waals surface area contributed by atoms with E-state index in [-0.39, 0.29) is 12.8 Å². The fraction of sp³-hybridized carbons (Fsp3) is 0.667. The summed E-state index contributed by atoms with van der Waals surface area (Å²) in [4.78, 5) is 33.7. The number of amides is 2. The molecule has 2 amide bonds. The lowest BCUT2D eigenvalue weighted by Crippen LogP contribution is -2.63. The molecule has 1 atom stereocenters. The van der Waals surface area contributed by atoms with E-state index in [1.54, 1.807) is 13.8 Å². The van der Waals surface area contributed by atoms with Crippen molar-refractivity contribution in [2.45, 2.75) is 32.9 Å². The Labute approximate surface area is 88.0 Å². The Morgan fingerprint density at radius 2 is 2.00 bits per heavy atom. The van der Waals surface area contributed by atoms with Gasteiger partial charge in [0.15, 0.2) is 5.66 Å². The first-order chi connectivity index (χ1) is 6.81. The Bertz CT molecular complexity index is 277. The van der Waals surface area contributed by atoms with Gasteiger partial charge in [-0.1, -0.05) is 20.8 Å². The van der Waals surface area contributed by atoms with Gasteiger partial charge in [-0.3, -0.25) is 20.2 Å². The predicted octanol–water partition coefficient (Wildman–Crippen LogP) is -0.223. The Balaban J connectivity index is 5.18. The van der Waals surface area contributed by atoms with Gasteiger partial charge in [0.25, 0.3) is 0 Å². The van der Waals surface area contributed by atoms with Crippen LogP contribution in [0.15, 0.2) is 0 Å².